The Morgan fingerprint density at radius 1 is 1.46 bits per heavy atom. The van der Waals surface area contributed by atoms with Crippen LogP contribution in [-0.4, -0.2) is 19.1 Å². The highest BCUT2D eigenvalue weighted by molar-refractivity contribution is 5.88. The Morgan fingerprint density at radius 2 is 2.08 bits per heavy atom. The van der Waals surface area contributed by atoms with Crippen LogP contribution in [0.3, 0.4) is 0 Å². The predicted molar refractivity (Wildman–Crippen MR) is 51.2 cm³/mol. The third-order valence-electron chi connectivity index (χ3n) is 2.36. The molecule has 3 heteroatoms. The second-order valence-corrected chi connectivity index (χ2v) is 3.45. The summed E-state index contributed by atoms with van der Waals surface area (Å²) in [7, 11) is 1.56. The number of ether oxygens (including phenoxy) is 1. The lowest BCUT2D eigenvalue weighted by Crippen LogP contribution is -2.31. The fourth-order valence-electron chi connectivity index (χ4n) is 1.56. The molecule has 0 radical (unpaired) electrons. The van der Waals surface area contributed by atoms with E-state index in [2.05, 4.69) is 5.32 Å². The van der Waals surface area contributed by atoms with Crippen LogP contribution in [0.5, 0.6) is 0 Å². The number of amides is 1. The molecule has 0 spiro atoms. The second kappa shape index (κ2) is 4.90. The van der Waals surface area contributed by atoms with E-state index in [0.29, 0.717) is 11.8 Å². The molecule has 1 rings (SSSR count). The van der Waals surface area contributed by atoms with Gasteiger partial charge in [0.2, 0.25) is 5.91 Å². The first kappa shape index (κ1) is 10.1. The highest BCUT2D eigenvalue weighted by atomic mass is 16.5. The lowest BCUT2D eigenvalue weighted by Gasteiger charge is -2.09. The minimum Gasteiger partial charge on any atom is -0.501 e. The first-order valence-corrected chi connectivity index (χ1v) is 4.75. The molecule has 0 aliphatic heterocycles. The van der Waals surface area contributed by atoms with Crippen molar-refractivity contribution in [1.82, 2.24) is 5.32 Å². The first-order chi connectivity index (χ1) is 6.22. The smallest absolute Gasteiger partial charge is 0.247 e. The zero-order chi connectivity index (χ0) is 9.68. The average molecular weight is 183 g/mol. The lowest BCUT2D eigenvalue weighted by molar-refractivity contribution is -0.117. The van der Waals surface area contributed by atoms with Crippen molar-refractivity contribution in [2.75, 3.05) is 7.11 Å². The van der Waals surface area contributed by atoms with Crippen molar-refractivity contribution in [2.24, 2.45) is 0 Å². The van der Waals surface area contributed by atoms with Crippen molar-refractivity contribution >= 4 is 5.91 Å². The monoisotopic (exact) mass is 183 g/mol. The highest BCUT2D eigenvalue weighted by Gasteiger charge is 2.15. The van der Waals surface area contributed by atoms with Crippen molar-refractivity contribution in [3.63, 3.8) is 0 Å². The van der Waals surface area contributed by atoms with Crippen molar-refractivity contribution in [2.45, 2.75) is 38.6 Å². The van der Waals surface area contributed by atoms with Gasteiger partial charge in [0.05, 0.1) is 12.9 Å². The SMILES string of the molecule is CO/C(C)=C\C(=O)NC1CCCC1. The summed E-state index contributed by atoms with van der Waals surface area (Å²) in [5, 5.41) is 2.95. The standard InChI is InChI=1S/C10H17NO2/c1-8(13-2)7-10(12)11-9-5-3-4-6-9/h7,9H,3-6H2,1-2H3,(H,11,12)/b8-7-. The van der Waals surface area contributed by atoms with Gasteiger partial charge < -0.3 is 10.1 Å². The maximum atomic E-state index is 11.3. The topological polar surface area (TPSA) is 38.3 Å². The summed E-state index contributed by atoms with van der Waals surface area (Å²) in [6.07, 6.45) is 6.20. The largest absolute Gasteiger partial charge is 0.501 e. The van der Waals surface area contributed by atoms with E-state index in [1.54, 1.807) is 14.0 Å². The average Bonchev–Trinajstić information content (AvgIpc) is 2.56. The third-order valence-corrected chi connectivity index (χ3v) is 2.36. The van der Waals surface area contributed by atoms with Gasteiger partial charge in [-0.05, 0) is 19.8 Å². The minimum atomic E-state index is -0.0359. The minimum absolute atomic E-state index is 0.0359. The van der Waals surface area contributed by atoms with Crippen LogP contribution in [0.1, 0.15) is 32.6 Å². The molecular weight excluding hydrogens is 166 g/mol. The van der Waals surface area contributed by atoms with E-state index in [0.717, 1.165) is 12.8 Å². The zero-order valence-corrected chi connectivity index (χ0v) is 8.30. The van der Waals surface area contributed by atoms with Crippen molar-refractivity contribution in [1.29, 1.82) is 0 Å². The molecule has 1 amide bonds. The van der Waals surface area contributed by atoms with E-state index in [1.807, 2.05) is 0 Å². The molecule has 1 N–H and O–H groups in total. The molecule has 0 unspecified atom stereocenters. The van der Waals surface area contributed by atoms with Gasteiger partial charge in [-0.25, -0.2) is 0 Å². The summed E-state index contributed by atoms with van der Waals surface area (Å²) in [5.41, 5.74) is 0. The molecule has 0 aromatic rings. The molecule has 74 valence electrons. The molecule has 1 aliphatic rings. The van der Waals surface area contributed by atoms with Crippen LogP contribution in [0, 0.1) is 0 Å². The molecule has 0 aromatic carbocycles. The molecule has 0 heterocycles. The summed E-state index contributed by atoms with van der Waals surface area (Å²) >= 11 is 0. The molecule has 0 atom stereocenters. The van der Waals surface area contributed by atoms with Crippen LogP contribution in [0.25, 0.3) is 0 Å². The van der Waals surface area contributed by atoms with Gasteiger partial charge in [-0.2, -0.15) is 0 Å². The number of allylic oxidation sites excluding steroid dienone is 1. The Kier molecular flexibility index (Phi) is 3.80. The number of rotatable bonds is 3. The molecule has 1 fully saturated rings. The first-order valence-electron chi connectivity index (χ1n) is 4.75. The Morgan fingerprint density at radius 3 is 2.62 bits per heavy atom. The zero-order valence-electron chi connectivity index (χ0n) is 8.30. The van der Waals surface area contributed by atoms with Gasteiger partial charge in [-0.15, -0.1) is 0 Å². The van der Waals surface area contributed by atoms with E-state index in [9.17, 15) is 4.79 Å². The van der Waals surface area contributed by atoms with Crippen LogP contribution >= 0.6 is 0 Å². The van der Waals surface area contributed by atoms with Gasteiger partial charge in [-0.1, -0.05) is 12.8 Å². The Hall–Kier alpha value is -0.990. The Labute approximate surface area is 79.2 Å². The fourth-order valence-corrected chi connectivity index (χ4v) is 1.56. The van der Waals surface area contributed by atoms with Crippen molar-refractivity contribution in [3.05, 3.63) is 11.8 Å². The third kappa shape index (κ3) is 3.49. The quantitative estimate of drug-likeness (QED) is 0.533. The van der Waals surface area contributed by atoms with Gasteiger partial charge in [0.1, 0.15) is 0 Å². The van der Waals surface area contributed by atoms with E-state index in [4.69, 9.17) is 4.74 Å². The van der Waals surface area contributed by atoms with Gasteiger partial charge >= 0.3 is 0 Å². The van der Waals surface area contributed by atoms with E-state index < -0.39 is 0 Å². The van der Waals surface area contributed by atoms with Gasteiger partial charge in [0.15, 0.2) is 0 Å². The van der Waals surface area contributed by atoms with E-state index in [-0.39, 0.29) is 5.91 Å². The molecule has 0 bridgehead atoms. The molecule has 3 nitrogen and oxygen atoms in total. The Bertz CT molecular complexity index is 205. The van der Waals surface area contributed by atoms with Crippen LogP contribution in [0.4, 0.5) is 0 Å². The number of nitrogens with one attached hydrogen (secondary N) is 1. The molecular formula is C10H17NO2. The van der Waals surface area contributed by atoms with Crippen LogP contribution in [-0.2, 0) is 9.53 Å². The number of hydrogen-bond donors (Lipinski definition) is 1. The number of carbonyl (C=O) groups excluding carboxylic acids is 1. The van der Waals surface area contributed by atoms with Crippen molar-refractivity contribution < 1.29 is 9.53 Å². The van der Waals surface area contributed by atoms with E-state index >= 15 is 0 Å². The Balaban J connectivity index is 2.32. The van der Waals surface area contributed by atoms with Gasteiger partial charge in [-0.3, -0.25) is 4.79 Å². The number of methoxy groups -OCH3 is 1. The highest BCUT2D eigenvalue weighted by Crippen LogP contribution is 2.17. The summed E-state index contributed by atoms with van der Waals surface area (Å²) in [4.78, 5) is 11.3. The molecule has 0 aromatic heterocycles. The molecule has 1 saturated carbocycles. The summed E-state index contributed by atoms with van der Waals surface area (Å²) in [6.45, 7) is 1.77. The second-order valence-electron chi connectivity index (χ2n) is 3.45. The molecule has 13 heavy (non-hydrogen) atoms. The van der Waals surface area contributed by atoms with Crippen LogP contribution in [0.15, 0.2) is 11.8 Å². The lowest BCUT2D eigenvalue weighted by atomic mass is 10.2. The normalized spacial score (nSPS) is 18.8. The summed E-state index contributed by atoms with van der Waals surface area (Å²) < 4.78 is 4.89. The van der Waals surface area contributed by atoms with Crippen LogP contribution in [0.2, 0.25) is 0 Å². The maximum Gasteiger partial charge on any atom is 0.247 e. The molecule has 0 saturated heterocycles. The summed E-state index contributed by atoms with van der Waals surface area (Å²) in [6, 6.07) is 0.383. The fraction of sp³-hybridized carbons (Fsp3) is 0.700. The van der Waals surface area contributed by atoms with E-state index in [1.165, 1.54) is 18.9 Å². The number of carbonyl (C=O) groups is 1. The predicted octanol–water partition coefficient (Wildman–Crippen LogP) is 1.60. The van der Waals surface area contributed by atoms with Gasteiger partial charge in [0.25, 0.3) is 0 Å². The number of hydrogen-bond acceptors (Lipinski definition) is 2. The summed E-state index contributed by atoms with van der Waals surface area (Å²) in [5.74, 6) is 0.613. The van der Waals surface area contributed by atoms with Crippen molar-refractivity contribution in [3.8, 4) is 0 Å². The van der Waals surface area contributed by atoms with Crippen LogP contribution < -0.4 is 5.32 Å². The van der Waals surface area contributed by atoms with Gasteiger partial charge in [0, 0.05) is 12.1 Å². The molecule has 1 aliphatic carbocycles. The maximum absolute atomic E-state index is 11.3.